The molecule has 2 aromatic rings. The van der Waals surface area contributed by atoms with E-state index in [4.69, 9.17) is 4.42 Å². The summed E-state index contributed by atoms with van der Waals surface area (Å²) < 4.78 is 6.09. The maximum Gasteiger partial charge on any atom is 0.146 e. The largest absolute Gasteiger partial charge is 0.465 e. The molecule has 3 heteroatoms. The summed E-state index contributed by atoms with van der Waals surface area (Å²) in [6.07, 6.45) is 1.53. The van der Waals surface area contributed by atoms with Crippen LogP contribution in [0.5, 0.6) is 0 Å². The Morgan fingerprint density at radius 3 is 2.71 bits per heavy atom. The molecular weight excluding hydrogens is 280 g/mol. The third-order valence-electron chi connectivity index (χ3n) is 2.87. The van der Waals surface area contributed by atoms with Gasteiger partial charge in [-0.15, -0.1) is 0 Å². The van der Waals surface area contributed by atoms with Crippen LogP contribution in [-0.2, 0) is 6.42 Å². The number of halogens is 1. The van der Waals surface area contributed by atoms with Crippen LogP contribution in [0, 0.1) is 13.8 Å². The maximum absolute atomic E-state index is 10.1. The molecule has 90 valence electrons. The minimum absolute atomic E-state index is 0.569. The van der Waals surface area contributed by atoms with Gasteiger partial charge in [-0.05, 0) is 47.0 Å². The highest BCUT2D eigenvalue weighted by Gasteiger charge is 2.16. The Balaban J connectivity index is 2.21. The molecule has 0 saturated heterocycles. The van der Waals surface area contributed by atoms with Crippen LogP contribution in [0.1, 0.15) is 28.6 Å². The Morgan fingerprint density at radius 2 is 2.06 bits per heavy atom. The van der Waals surface area contributed by atoms with E-state index in [0.717, 1.165) is 10.0 Å². The Labute approximate surface area is 109 Å². The average Bonchev–Trinajstić information content (AvgIpc) is 2.70. The molecule has 0 saturated carbocycles. The molecule has 1 heterocycles. The van der Waals surface area contributed by atoms with Gasteiger partial charge in [-0.25, -0.2) is 0 Å². The number of furan rings is 1. The number of hydrogen-bond acceptors (Lipinski definition) is 2. The van der Waals surface area contributed by atoms with E-state index in [2.05, 4.69) is 48.0 Å². The first-order valence-electron chi connectivity index (χ1n) is 5.55. The van der Waals surface area contributed by atoms with Crippen LogP contribution < -0.4 is 0 Å². The van der Waals surface area contributed by atoms with E-state index >= 15 is 0 Å². The lowest BCUT2D eigenvalue weighted by molar-refractivity contribution is 0.149. The van der Waals surface area contributed by atoms with Crippen molar-refractivity contribution in [3.8, 4) is 0 Å². The van der Waals surface area contributed by atoms with Crippen molar-refractivity contribution in [3.05, 3.63) is 57.5 Å². The maximum atomic E-state index is 10.1. The molecule has 0 aliphatic rings. The number of rotatable bonds is 3. The molecule has 1 aromatic heterocycles. The molecule has 2 rings (SSSR count). The van der Waals surface area contributed by atoms with Crippen molar-refractivity contribution in [2.75, 3.05) is 0 Å². The lowest BCUT2D eigenvalue weighted by Gasteiger charge is -2.11. The fourth-order valence-corrected chi connectivity index (χ4v) is 2.33. The molecule has 0 aliphatic carbocycles. The Kier molecular flexibility index (Phi) is 3.69. The predicted molar refractivity (Wildman–Crippen MR) is 71.0 cm³/mol. The molecule has 0 amide bonds. The molecule has 2 nitrogen and oxygen atoms in total. The van der Waals surface area contributed by atoms with Gasteiger partial charge in [0.1, 0.15) is 11.9 Å². The third-order valence-corrected chi connectivity index (χ3v) is 3.52. The van der Waals surface area contributed by atoms with Crippen LogP contribution in [0.2, 0.25) is 0 Å². The summed E-state index contributed by atoms with van der Waals surface area (Å²) in [6, 6.07) is 8.06. The summed E-state index contributed by atoms with van der Waals surface area (Å²) in [7, 11) is 0. The zero-order valence-electron chi connectivity index (χ0n) is 9.90. The summed E-state index contributed by atoms with van der Waals surface area (Å²) in [5, 5.41) is 10.1. The van der Waals surface area contributed by atoms with E-state index in [1.807, 2.05) is 0 Å². The fourth-order valence-electron chi connectivity index (χ4n) is 1.86. The van der Waals surface area contributed by atoms with Gasteiger partial charge in [0.2, 0.25) is 0 Å². The van der Waals surface area contributed by atoms with Gasteiger partial charge in [0.25, 0.3) is 0 Å². The highest BCUT2D eigenvalue weighted by Crippen LogP contribution is 2.28. The van der Waals surface area contributed by atoms with Crippen molar-refractivity contribution in [1.29, 1.82) is 0 Å². The second kappa shape index (κ2) is 5.07. The standard InChI is InChI=1S/C14H15BrO2/c1-9-3-4-10(2)11(7-9)8-13(16)14-12(15)5-6-17-14/h3-7,13,16H,8H2,1-2H3. The van der Waals surface area contributed by atoms with Crippen LogP contribution in [0.25, 0.3) is 0 Å². The van der Waals surface area contributed by atoms with Crippen LogP contribution in [0.15, 0.2) is 39.4 Å². The van der Waals surface area contributed by atoms with Gasteiger partial charge in [0.05, 0.1) is 10.7 Å². The lowest BCUT2D eigenvalue weighted by atomic mass is 9.99. The topological polar surface area (TPSA) is 33.4 Å². The van der Waals surface area contributed by atoms with Gasteiger partial charge in [-0.2, -0.15) is 0 Å². The van der Waals surface area contributed by atoms with E-state index in [0.29, 0.717) is 12.2 Å². The number of hydrogen-bond donors (Lipinski definition) is 1. The molecule has 1 atom stereocenters. The molecule has 1 aromatic carbocycles. The first-order valence-corrected chi connectivity index (χ1v) is 6.34. The number of benzene rings is 1. The molecule has 0 bridgehead atoms. The van der Waals surface area contributed by atoms with Gasteiger partial charge < -0.3 is 9.52 Å². The van der Waals surface area contributed by atoms with E-state index in [1.165, 1.54) is 11.1 Å². The highest BCUT2D eigenvalue weighted by atomic mass is 79.9. The van der Waals surface area contributed by atoms with Crippen LogP contribution in [-0.4, -0.2) is 5.11 Å². The van der Waals surface area contributed by atoms with Crippen LogP contribution in [0.4, 0.5) is 0 Å². The van der Waals surface area contributed by atoms with Gasteiger partial charge in [0.15, 0.2) is 0 Å². The van der Waals surface area contributed by atoms with Crippen molar-refractivity contribution >= 4 is 15.9 Å². The first kappa shape index (κ1) is 12.4. The predicted octanol–water partition coefficient (Wildman–Crippen LogP) is 3.94. The fraction of sp³-hybridized carbons (Fsp3) is 0.286. The minimum Gasteiger partial charge on any atom is -0.465 e. The minimum atomic E-state index is -0.611. The summed E-state index contributed by atoms with van der Waals surface area (Å²) in [6.45, 7) is 4.11. The normalized spacial score (nSPS) is 12.7. The molecule has 0 radical (unpaired) electrons. The van der Waals surface area contributed by atoms with E-state index in [-0.39, 0.29) is 0 Å². The van der Waals surface area contributed by atoms with Crippen molar-refractivity contribution in [2.24, 2.45) is 0 Å². The summed E-state index contributed by atoms with van der Waals surface area (Å²) in [4.78, 5) is 0. The van der Waals surface area contributed by atoms with Gasteiger partial charge in [-0.1, -0.05) is 23.8 Å². The van der Waals surface area contributed by atoms with E-state index < -0.39 is 6.10 Å². The molecule has 0 spiro atoms. The summed E-state index contributed by atoms with van der Waals surface area (Å²) in [5.74, 6) is 0.589. The second-order valence-corrected chi connectivity index (χ2v) is 5.14. The van der Waals surface area contributed by atoms with Gasteiger partial charge >= 0.3 is 0 Å². The Bertz CT molecular complexity index is 517. The zero-order chi connectivity index (χ0) is 12.4. The molecule has 1 unspecified atom stereocenters. The van der Waals surface area contributed by atoms with Gasteiger partial charge in [-0.3, -0.25) is 0 Å². The van der Waals surface area contributed by atoms with Gasteiger partial charge in [0, 0.05) is 6.42 Å². The average molecular weight is 295 g/mol. The molecule has 0 fully saturated rings. The van der Waals surface area contributed by atoms with Crippen molar-refractivity contribution in [3.63, 3.8) is 0 Å². The molecule has 0 aliphatic heterocycles. The monoisotopic (exact) mass is 294 g/mol. The molecular formula is C14H15BrO2. The number of aryl methyl sites for hydroxylation is 2. The lowest BCUT2D eigenvalue weighted by Crippen LogP contribution is -2.03. The van der Waals surface area contributed by atoms with Crippen LogP contribution in [0.3, 0.4) is 0 Å². The SMILES string of the molecule is Cc1ccc(C)c(CC(O)c2occc2Br)c1. The number of aliphatic hydroxyl groups is 1. The Hall–Kier alpha value is -1.06. The van der Waals surface area contributed by atoms with Crippen LogP contribution >= 0.6 is 15.9 Å². The smallest absolute Gasteiger partial charge is 0.146 e. The number of aliphatic hydroxyl groups excluding tert-OH is 1. The first-order chi connectivity index (χ1) is 8.08. The zero-order valence-corrected chi connectivity index (χ0v) is 11.5. The van der Waals surface area contributed by atoms with Crippen molar-refractivity contribution in [1.82, 2.24) is 0 Å². The molecule has 17 heavy (non-hydrogen) atoms. The Morgan fingerprint density at radius 1 is 1.29 bits per heavy atom. The quantitative estimate of drug-likeness (QED) is 0.930. The van der Waals surface area contributed by atoms with E-state index in [9.17, 15) is 5.11 Å². The highest BCUT2D eigenvalue weighted by molar-refractivity contribution is 9.10. The third kappa shape index (κ3) is 2.79. The summed E-state index contributed by atoms with van der Waals surface area (Å²) >= 11 is 3.36. The van der Waals surface area contributed by atoms with E-state index in [1.54, 1.807) is 12.3 Å². The second-order valence-electron chi connectivity index (χ2n) is 4.28. The molecule has 1 N–H and O–H groups in total. The van der Waals surface area contributed by atoms with Crippen molar-refractivity contribution in [2.45, 2.75) is 26.4 Å². The van der Waals surface area contributed by atoms with Crippen molar-refractivity contribution < 1.29 is 9.52 Å². The summed E-state index contributed by atoms with van der Waals surface area (Å²) in [5.41, 5.74) is 3.55.